The van der Waals surface area contributed by atoms with Gasteiger partial charge in [-0.3, -0.25) is 4.79 Å². The van der Waals surface area contributed by atoms with Crippen molar-refractivity contribution in [1.29, 1.82) is 0 Å². The number of nitrogens with one attached hydrogen (secondary N) is 1. The number of hydrogen-bond acceptors (Lipinski definition) is 5. The number of furan rings is 1. The second-order valence-corrected chi connectivity index (χ2v) is 7.06. The van der Waals surface area contributed by atoms with E-state index in [9.17, 15) is 14.0 Å². The summed E-state index contributed by atoms with van der Waals surface area (Å²) in [5.74, 6) is -0.758. The molecule has 3 aromatic rings. The van der Waals surface area contributed by atoms with E-state index >= 15 is 0 Å². The van der Waals surface area contributed by atoms with Gasteiger partial charge in [-0.2, -0.15) is 0 Å². The summed E-state index contributed by atoms with van der Waals surface area (Å²) < 4.78 is 23.7. The third-order valence-electron chi connectivity index (χ3n) is 4.05. The average Bonchev–Trinajstić information content (AvgIpc) is 3.22. The van der Waals surface area contributed by atoms with Crippen LogP contribution < -0.4 is 5.32 Å². The van der Waals surface area contributed by atoms with Crippen molar-refractivity contribution in [3.63, 3.8) is 0 Å². The van der Waals surface area contributed by atoms with E-state index in [2.05, 4.69) is 5.32 Å². The van der Waals surface area contributed by atoms with Gasteiger partial charge in [0.1, 0.15) is 16.6 Å². The number of amides is 1. The maximum atomic E-state index is 13.0. The molecule has 1 amide bonds. The number of halogens is 1. The minimum Gasteiger partial charge on any atom is -0.462 e. The molecule has 140 valence electrons. The molecular weight excluding hydrogens is 369 g/mol. The zero-order valence-corrected chi connectivity index (χ0v) is 15.9. The van der Waals surface area contributed by atoms with Crippen molar-refractivity contribution in [3.05, 3.63) is 64.0 Å². The van der Waals surface area contributed by atoms with E-state index in [-0.39, 0.29) is 18.2 Å². The van der Waals surface area contributed by atoms with Crippen LogP contribution in [0.5, 0.6) is 0 Å². The highest BCUT2D eigenvalue weighted by atomic mass is 32.1. The molecule has 0 saturated heterocycles. The van der Waals surface area contributed by atoms with Crippen molar-refractivity contribution in [1.82, 2.24) is 0 Å². The summed E-state index contributed by atoms with van der Waals surface area (Å²) in [5, 5.41) is 3.15. The Morgan fingerprint density at radius 3 is 2.52 bits per heavy atom. The predicted octanol–water partition coefficient (Wildman–Crippen LogP) is 5.19. The van der Waals surface area contributed by atoms with E-state index in [1.807, 2.05) is 13.8 Å². The van der Waals surface area contributed by atoms with Gasteiger partial charge in [-0.15, -0.1) is 11.3 Å². The minimum atomic E-state index is -0.477. The number of ether oxygens (including phenoxy) is 1. The molecule has 0 spiro atoms. The van der Waals surface area contributed by atoms with Crippen molar-refractivity contribution in [2.45, 2.75) is 20.8 Å². The van der Waals surface area contributed by atoms with Crippen molar-refractivity contribution in [2.75, 3.05) is 11.9 Å². The Morgan fingerprint density at radius 1 is 1.15 bits per heavy atom. The molecule has 0 aliphatic heterocycles. The molecule has 5 nitrogen and oxygen atoms in total. The molecule has 0 bridgehead atoms. The third-order valence-corrected chi connectivity index (χ3v) is 5.17. The maximum absolute atomic E-state index is 13.0. The van der Waals surface area contributed by atoms with Gasteiger partial charge in [0.2, 0.25) is 0 Å². The number of carbonyl (C=O) groups excluding carboxylic acids is 2. The van der Waals surface area contributed by atoms with Crippen LogP contribution in [-0.4, -0.2) is 18.5 Å². The van der Waals surface area contributed by atoms with E-state index in [1.54, 1.807) is 25.1 Å². The van der Waals surface area contributed by atoms with E-state index < -0.39 is 11.9 Å². The highest BCUT2D eigenvalue weighted by molar-refractivity contribution is 7.16. The molecule has 0 radical (unpaired) electrons. The number of esters is 1. The van der Waals surface area contributed by atoms with Crippen molar-refractivity contribution in [2.24, 2.45) is 0 Å². The number of carbonyl (C=O) groups is 2. The van der Waals surface area contributed by atoms with Crippen LogP contribution in [0.15, 0.2) is 40.8 Å². The van der Waals surface area contributed by atoms with Gasteiger partial charge >= 0.3 is 5.97 Å². The third kappa shape index (κ3) is 3.93. The summed E-state index contributed by atoms with van der Waals surface area (Å²) >= 11 is 1.31. The number of thiophene rings is 1. The van der Waals surface area contributed by atoms with Gasteiger partial charge in [-0.25, -0.2) is 9.18 Å². The Kier molecular flexibility index (Phi) is 5.41. The monoisotopic (exact) mass is 387 g/mol. The van der Waals surface area contributed by atoms with Crippen molar-refractivity contribution in [3.8, 4) is 11.3 Å². The molecule has 1 aromatic carbocycles. The maximum Gasteiger partial charge on any atom is 0.341 e. The lowest BCUT2D eigenvalue weighted by Crippen LogP contribution is -2.14. The number of rotatable bonds is 5. The lowest BCUT2D eigenvalue weighted by Gasteiger charge is -2.06. The first kappa shape index (κ1) is 18.8. The molecule has 0 atom stereocenters. The quantitative estimate of drug-likeness (QED) is 0.612. The Hall–Kier alpha value is -2.93. The zero-order chi connectivity index (χ0) is 19.6. The molecule has 0 aliphatic rings. The Balaban J connectivity index is 1.83. The molecule has 2 heterocycles. The summed E-state index contributed by atoms with van der Waals surface area (Å²) in [6, 6.07) is 8.95. The van der Waals surface area contributed by atoms with Crippen LogP contribution in [0.1, 0.15) is 38.3 Å². The van der Waals surface area contributed by atoms with Crippen LogP contribution in [0.25, 0.3) is 11.3 Å². The molecule has 0 fully saturated rings. The van der Waals surface area contributed by atoms with Gasteiger partial charge in [-0.05, 0) is 62.7 Å². The minimum absolute atomic E-state index is 0.0906. The molecule has 7 heteroatoms. The van der Waals surface area contributed by atoms with Crippen molar-refractivity contribution < 1.29 is 23.1 Å². The summed E-state index contributed by atoms with van der Waals surface area (Å²) in [6.07, 6.45) is 0. The standard InChI is InChI=1S/C20H18FNO4S/c1-4-25-20(24)17-11(2)12(3)27-19(17)22-18(23)16-10-9-15(26-16)13-5-7-14(21)8-6-13/h5-10H,4H2,1-3H3,(H,22,23). The molecular formula is C20H18FNO4S. The van der Waals surface area contributed by atoms with Gasteiger partial charge in [0.15, 0.2) is 5.76 Å². The molecule has 1 N–H and O–H groups in total. The normalized spacial score (nSPS) is 10.7. The fraction of sp³-hybridized carbons (Fsp3) is 0.200. The zero-order valence-electron chi connectivity index (χ0n) is 15.1. The fourth-order valence-corrected chi connectivity index (χ4v) is 3.60. The largest absolute Gasteiger partial charge is 0.462 e. The Bertz CT molecular complexity index is 988. The van der Waals surface area contributed by atoms with Gasteiger partial charge in [0.05, 0.1) is 12.2 Å². The Labute approximate surface area is 159 Å². The van der Waals surface area contributed by atoms with Crippen LogP contribution in [0.4, 0.5) is 9.39 Å². The predicted molar refractivity (Wildman–Crippen MR) is 102 cm³/mol. The molecule has 0 aliphatic carbocycles. The molecule has 3 rings (SSSR count). The topological polar surface area (TPSA) is 68.5 Å². The molecule has 0 saturated carbocycles. The van der Waals surface area contributed by atoms with E-state index in [0.717, 1.165) is 10.4 Å². The lowest BCUT2D eigenvalue weighted by atomic mass is 10.1. The summed E-state index contributed by atoms with van der Waals surface area (Å²) in [5.41, 5.74) is 1.80. The second kappa shape index (κ2) is 7.75. The second-order valence-electron chi connectivity index (χ2n) is 5.83. The number of benzene rings is 1. The molecule has 2 aromatic heterocycles. The summed E-state index contributed by atoms with van der Waals surface area (Å²) in [7, 11) is 0. The van der Waals surface area contributed by atoms with Crippen LogP contribution in [0.2, 0.25) is 0 Å². The van der Waals surface area contributed by atoms with Crippen molar-refractivity contribution >= 4 is 28.2 Å². The highest BCUT2D eigenvalue weighted by Crippen LogP contribution is 2.33. The van der Waals surface area contributed by atoms with Crippen LogP contribution >= 0.6 is 11.3 Å². The average molecular weight is 387 g/mol. The first-order chi connectivity index (χ1) is 12.9. The number of aryl methyl sites for hydroxylation is 1. The van der Waals surface area contributed by atoms with Crippen LogP contribution in [0, 0.1) is 19.7 Å². The summed E-state index contributed by atoms with van der Waals surface area (Å²) in [6.45, 7) is 5.66. The van der Waals surface area contributed by atoms with Gasteiger partial charge in [-0.1, -0.05) is 0 Å². The van der Waals surface area contributed by atoms with E-state index in [0.29, 0.717) is 21.9 Å². The van der Waals surface area contributed by atoms with E-state index in [4.69, 9.17) is 9.15 Å². The van der Waals surface area contributed by atoms with Crippen LogP contribution in [-0.2, 0) is 4.74 Å². The van der Waals surface area contributed by atoms with Gasteiger partial charge < -0.3 is 14.5 Å². The Morgan fingerprint density at radius 2 is 1.85 bits per heavy atom. The SMILES string of the molecule is CCOC(=O)c1c(NC(=O)c2ccc(-c3ccc(F)cc3)o2)sc(C)c1C. The van der Waals surface area contributed by atoms with Gasteiger partial charge in [0, 0.05) is 10.4 Å². The smallest absolute Gasteiger partial charge is 0.341 e. The first-order valence-corrected chi connectivity index (χ1v) is 9.16. The lowest BCUT2D eigenvalue weighted by molar-refractivity contribution is 0.0527. The first-order valence-electron chi connectivity index (χ1n) is 8.35. The number of hydrogen-bond donors (Lipinski definition) is 1. The summed E-state index contributed by atoms with van der Waals surface area (Å²) in [4.78, 5) is 25.7. The van der Waals surface area contributed by atoms with Crippen LogP contribution in [0.3, 0.4) is 0 Å². The molecule has 27 heavy (non-hydrogen) atoms. The van der Waals surface area contributed by atoms with E-state index in [1.165, 1.54) is 29.5 Å². The van der Waals surface area contributed by atoms with Gasteiger partial charge in [0.25, 0.3) is 5.91 Å². The highest BCUT2D eigenvalue weighted by Gasteiger charge is 2.23. The molecule has 0 unspecified atom stereocenters. The number of anilines is 1. The fourth-order valence-electron chi connectivity index (χ4n) is 2.56.